The zero-order valence-electron chi connectivity index (χ0n) is 8.01. The van der Waals surface area contributed by atoms with Gasteiger partial charge in [-0.2, -0.15) is 0 Å². The molecule has 2 nitrogen and oxygen atoms in total. The number of alkyl halides is 1. The van der Waals surface area contributed by atoms with Crippen LogP contribution in [0.5, 0.6) is 5.75 Å². The van der Waals surface area contributed by atoms with E-state index in [1.54, 1.807) is 6.20 Å². The van der Waals surface area contributed by atoms with Gasteiger partial charge in [0.05, 0.1) is 12.3 Å². The molecule has 0 aliphatic rings. The minimum atomic E-state index is 0.770. The van der Waals surface area contributed by atoms with E-state index in [0.717, 1.165) is 35.4 Å². The van der Waals surface area contributed by atoms with Gasteiger partial charge in [0.15, 0.2) is 0 Å². The lowest BCUT2D eigenvalue weighted by Gasteiger charge is -2.09. The minimum absolute atomic E-state index is 0.770. The molecule has 72 valence electrons. The van der Waals surface area contributed by atoms with Crippen LogP contribution in [0.3, 0.4) is 0 Å². The number of hydrogen-bond donors (Lipinski definition) is 0. The second kappa shape index (κ2) is 5.22. The quantitative estimate of drug-likeness (QED) is 0.759. The molecule has 0 aliphatic carbocycles. The molecule has 0 amide bonds. The first-order valence-corrected chi connectivity index (χ1v) is 5.55. The van der Waals surface area contributed by atoms with E-state index in [9.17, 15) is 0 Å². The van der Waals surface area contributed by atoms with Crippen LogP contribution in [-0.4, -0.2) is 11.6 Å². The highest BCUT2D eigenvalue weighted by molar-refractivity contribution is 9.08. The fourth-order valence-corrected chi connectivity index (χ4v) is 1.63. The zero-order valence-corrected chi connectivity index (χ0v) is 9.60. The Hall–Kier alpha value is -0.570. The molecule has 0 radical (unpaired) electrons. The molecule has 0 saturated carbocycles. The van der Waals surface area contributed by atoms with Gasteiger partial charge in [-0.15, -0.1) is 0 Å². The molecule has 1 aromatic rings. The fraction of sp³-hybridized carbons (Fsp3) is 0.500. The molecule has 1 heterocycles. The average molecular weight is 244 g/mol. The molecule has 0 atom stereocenters. The van der Waals surface area contributed by atoms with E-state index in [1.807, 2.05) is 13.0 Å². The van der Waals surface area contributed by atoms with Crippen LogP contribution in [0.2, 0.25) is 0 Å². The summed E-state index contributed by atoms with van der Waals surface area (Å²) < 4.78 is 5.57. The van der Waals surface area contributed by atoms with Crippen LogP contribution in [0, 0.1) is 6.92 Å². The number of halogens is 1. The van der Waals surface area contributed by atoms with Crippen molar-refractivity contribution in [2.75, 3.05) is 6.61 Å². The summed E-state index contributed by atoms with van der Waals surface area (Å²) in [6.45, 7) is 4.91. The van der Waals surface area contributed by atoms with Gasteiger partial charge < -0.3 is 4.74 Å². The van der Waals surface area contributed by atoms with E-state index in [1.165, 1.54) is 0 Å². The molecule has 1 aromatic heterocycles. The van der Waals surface area contributed by atoms with Crippen molar-refractivity contribution in [2.45, 2.75) is 25.6 Å². The Morgan fingerprint density at radius 1 is 1.54 bits per heavy atom. The van der Waals surface area contributed by atoms with E-state index in [2.05, 4.69) is 27.8 Å². The molecule has 0 unspecified atom stereocenters. The van der Waals surface area contributed by atoms with Crippen molar-refractivity contribution in [3.05, 3.63) is 23.5 Å². The van der Waals surface area contributed by atoms with Crippen molar-refractivity contribution in [1.29, 1.82) is 0 Å². The Balaban J connectivity index is 2.81. The summed E-state index contributed by atoms with van der Waals surface area (Å²) in [6, 6.07) is 1.91. The molecular weight excluding hydrogens is 230 g/mol. The van der Waals surface area contributed by atoms with Gasteiger partial charge in [0.25, 0.3) is 0 Å². The van der Waals surface area contributed by atoms with Crippen molar-refractivity contribution >= 4 is 15.9 Å². The van der Waals surface area contributed by atoms with Crippen LogP contribution in [0.1, 0.15) is 24.6 Å². The number of ether oxygens (including phenoxy) is 1. The summed E-state index contributed by atoms with van der Waals surface area (Å²) in [5.41, 5.74) is 2.18. The predicted molar refractivity (Wildman–Crippen MR) is 57.4 cm³/mol. The summed E-state index contributed by atoms with van der Waals surface area (Å²) in [5.74, 6) is 0.950. The first-order valence-electron chi connectivity index (χ1n) is 4.42. The van der Waals surface area contributed by atoms with Gasteiger partial charge in [-0.3, -0.25) is 4.98 Å². The smallest absolute Gasteiger partial charge is 0.125 e. The van der Waals surface area contributed by atoms with Crippen LogP contribution in [-0.2, 0) is 5.33 Å². The van der Waals surface area contributed by atoms with Gasteiger partial charge in [-0.05, 0) is 19.4 Å². The van der Waals surface area contributed by atoms with E-state index in [-0.39, 0.29) is 0 Å². The third kappa shape index (κ3) is 2.69. The van der Waals surface area contributed by atoms with Crippen molar-refractivity contribution < 1.29 is 4.74 Å². The van der Waals surface area contributed by atoms with E-state index in [4.69, 9.17) is 4.74 Å². The predicted octanol–water partition coefficient (Wildman–Crippen LogP) is 3.07. The average Bonchev–Trinajstić information content (AvgIpc) is 2.16. The van der Waals surface area contributed by atoms with Gasteiger partial charge in [-0.25, -0.2) is 0 Å². The molecule has 0 N–H and O–H groups in total. The van der Waals surface area contributed by atoms with Crippen molar-refractivity contribution in [3.63, 3.8) is 0 Å². The molecule has 3 heteroatoms. The number of pyridine rings is 1. The SMILES string of the molecule is CCCOc1ccnc(CBr)c1C. The third-order valence-electron chi connectivity index (χ3n) is 1.85. The Morgan fingerprint density at radius 3 is 2.92 bits per heavy atom. The van der Waals surface area contributed by atoms with Gasteiger partial charge in [0.2, 0.25) is 0 Å². The number of rotatable bonds is 4. The molecule has 0 fully saturated rings. The van der Waals surface area contributed by atoms with Gasteiger partial charge in [0, 0.05) is 17.1 Å². The van der Waals surface area contributed by atoms with Crippen LogP contribution in [0.4, 0.5) is 0 Å². The summed E-state index contributed by atoms with van der Waals surface area (Å²) in [7, 11) is 0. The summed E-state index contributed by atoms with van der Waals surface area (Å²) in [4.78, 5) is 4.24. The number of nitrogens with zero attached hydrogens (tertiary/aromatic N) is 1. The molecule has 0 aliphatic heterocycles. The third-order valence-corrected chi connectivity index (χ3v) is 2.38. The van der Waals surface area contributed by atoms with Gasteiger partial charge >= 0.3 is 0 Å². The Labute approximate surface area is 87.5 Å². The molecule has 0 spiro atoms. The highest BCUT2D eigenvalue weighted by Gasteiger charge is 2.04. The van der Waals surface area contributed by atoms with Crippen molar-refractivity contribution in [1.82, 2.24) is 4.98 Å². The van der Waals surface area contributed by atoms with Crippen molar-refractivity contribution in [2.24, 2.45) is 0 Å². The van der Waals surface area contributed by atoms with Crippen molar-refractivity contribution in [3.8, 4) is 5.75 Å². The summed E-state index contributed by atoms with van der Waals surface area (Å²) in [6.07, 6.45) is 2.82. The first kappa shape index (κ1) is 10.5. The van der Waals surface area contributed by atoms with E-state index >= 15 is 0 Å². The van der Waals surface area contributed by atoms with Crippen LogP contribution < -0.4 is 4.74 Å². The van der Waals surface area contributed by atoms with E-state index < -0.39 is 0 Å². The van der Waals surface area contributed by atoms with Crippen LogP contribution in [0.15, 0.2) is 12.3 Å². The molecule has 13 heavy (non-hydrogen) atoms. The van der Waals surface area contributed by atoms with Crippen LogP contribution in [0.25, 0.3) is 0 Å². The largest absolute Gasteiger partial charge is 0.493 e. The zero-order chi connectivity index (χ0) is 9.68. The molecule has 1 rings (SSSR count). The molecular formula is C10H14BrNO. The normalized spacial score (nSPS) is 10.1. The summed E-state index contributed by atoms with van der Waals surface area (Å²) in [5, 5.41) is 0.780. The fourth-order valence-electron chi connectivity index (χ4n) is 1.06. The molecule has 0 aromatic carbocycles. The standard InChI is InChI=1S/C10H14BrNO/c1-3-6-13-10-4-5-12-9(7-11)8(10)2/h4-5H,3,6-7H2,1-2H3. The van der Waals surface area contributed by atoms with E-state index in [0.29, 0.717) is 0 Å². The highest BCUT2D eigenvalue weighted by atomic mass is 79.9. The van der Waals surface area contributed by atoms with Gasteiger partial charge in [0.1, 0.15) is 5.75 Å². The van der Waals surface area contributed by atoms with Gasteiger partial charge in [-0.1, -0.05) is 22.9 Å². The van der Waals surface area contributed by atoms with Crippen LogP contribution >= 0.6 is 15.9 Å². The Bertz CT molecular complexity index is 276. The minimum Gasteiger partial charge on any atom is -0.493 e. The molecule has 0 bridgehead atoms. The second-order valence-corrected chi connectivity index (χ2v) is 3.42. The topological polar surface area (TPSA) is 22.1 Å². The summed E-state index contributed by atoms with van der Waals surface area (Å²) >= 11 is 3.39. The molecule has 0 saturated heterocycles. The Morgan fingerprint density at radius 2 is 2.31 bits per heavy atom. The maximum Gasteiger partial charge on any atom is 0.125 e. The number of aromatic nitrogens is 1. The lowest BCUT2D eigenvalue weighted by Crippen LogP contribution is -1.99. The highest BCUT2D eigenvalue weighted by Crippen LogP contribution is 2.20. The Kier molecular flexibility index (Phi) is 4.22. The lowest BCUT2D eigenvalue weighted by atomic mass is 10.2. The second-order valence-electron chi connectivity index (χ2n) is 2.86. The first-order chi connectivity index (χ1) is 6.29. The maximum absolute atomic E-state index is 5.57. The maximum atomic E-state index is 5.57. The number of hydrogen-bond acceptors (Lipinski definition) is 2. The lowest BCUT2D eigenvalue weighted by molar-refractivity contribution is 0.314. The monoisotopic (exact) mass is 243 g/mol.